The molecule has 0 radical (unpaired) electrons. The van der Waals surface area contributed by atoms with Crippen LogP contribution >= 0.6 is 0 Å². The quantitative estimate of drug-likeness (QED) is 0.867. The molecular formula is C18H18FNO3. The second-order valence-corrected chi connectivity index (χ2v) is 5.53. The number of rotatable bonds is 4. The zero-order valence-corrected chi connectivity index (χ0v) is 13.3. The number of methoxy groups -OCH3 is 2. The Morgan fingerprint density at radius 2 is 1.91 bits per heavy atom. The Bertz CT molecular complexity index is 760. The smallest absolute Gasteiger partial charge is 0.234 e. The highest BCUT2D eigenvalue weighted by Gasteiger charge is 2.34. The van der Waals surface area contributed by atoms with Gasteiger partial charge in [-0.2, -0.15) is 0 Å². The van der Waals surface area contributed by atoms with E-state index in [-0.39, 0.29) is 17.6 Å². The summed E-state index contributed by atoms with van der Waals surface area (Å²) in [6.45, 7) is 2.17. The maximum Gasteiger partial charge on any atom is 0.234 e. The second-order valence-electron chi connectivity index (χ2n) is 5.53. The minimum atomic E-state index is -0.343. The number of anilines is 1. The van der Waals surface area contributed by atoms with Crippen molar-refractivity contribution in [1.82, 2.24) is 0 Å². The standard InChI is InChI=1S/C18H18FNO3/c1-11-15-8-13(19)5-7-16(15)20(18(11)21)10-12-4-6-14(22-2)9-17(12)23-3/h4-9,11H,10H2,1-3H3. The van der Waals surface area contributed by atoms with Gasteiger partial charge in [-0.3, -0.25) is 4.79 Å². The fourth-order valence-corrected chi connectivity index (χ4v) is 2.92. The van der Waals surface area contributed by atoms with Gasteiger partial charge in [0.2, 0.25) is 5.91 Å². The van der Waals surface area contributed by atoms with E-state index in [1.54, 1.807) is 38.2 Å². The van der Waals surface area contributed by atoms with Crippen LogP contribution in [-0.2, 0) is 11.3 Å². The first-order valence-electron chi connectivity index (χ1n) is 7.37. The summed E-state index contributed by atoms with van der Waals surface area (Å²) in [5.41, 5.74) is 2.34. The van der Waals surface area contributed by atoms with Crippen LogP contribution < -0.4 is 14.4 Å². The highest BCUT2D eigenvalue weighted by Crippen LogP contribution is 2.39. The Labute approximate surface area is 134 Å². The number of hydrogen-bond acceptors (Lipinski definition) is 3. The molecule has 0 spiro atoms. The number of amides is 1. The van der Waals surface area contributed by atoms with Crippen LogP contribution in [0.2, 0.25) is 0 Å². The van der Waals surface area contributed by atoms with E-state index < -0.39 is 0 Å². The van der Waals surface area contributed by atoms with Gasteiger partial charge >= 0.3 is 0 Å². The number of nitrogens with zero attached hydrogens (tertiary/aromatic N) is 1. The molecule has 5 heteroatoms. The van der Waals surface area contributed by atoms with E-state index in [4.69, 9.17) is 9.47 Å². The third-order valence-electron chi connectivity index (χ3n) is 4.21. The first-order valence-corrected chi connectivity index (χ1v) is 7.37. The molecule has 0 fully saturated rings. The Morgan fingerprint density at radius 3 is 2.61 bits per heavy atom. The summed E-state index contributed by atoms with van der Waals surface area (Å²) in [5.74, 6) is 0.634. The van der Waals surface area contributed by atoms with Gasteiger partial charge in [0.05, 0.1) is 26.7 Å². The molecule has 1 unspecified atom stereocenters. The third-order valence-corrected chi connectivity index (χ3v) is 4.21. The van der Waals surface area contributed by atoms with E-state index in [0.717, 1.165) is 16.8 Å². The minimum Gasteiger partial charge on any atom is -0.497 e. The number of fused-ring (bicyclic) bond motifs is 1. The van der Waals surface area contributed by atoms with E-state index in [1.165, 1.54) is 12.1 Å². The molecule has 0 aromatic heterocycles. The lowest BCUT2D eigenvalue weighted by Crippen LogP contribution is -2.27. The maximum atomic E-state index is 13.5. The number of ether oxygens (including phenoxy) is 2. The molecule has 1 amide bonds. The molecule has 0 saturated heterocycles. The highest BCUT2D eigenvalue weighted by atomic mass is 19.1. The summed E-state index contributed by atoms with van der Waals surface area (Å²) in [6.07, 6.45) is 0. The first-order chi connectivity index (χ1) is 11.0. The van der Waals surface area contributed by atoms with Crippen LogP contribution in [0.3, 0.4) is 0 Å². The van der Waals surface area contributed by atoms with Crippen LogP contribution in [0.1, 0.15) is 24.0 Å². The fourth-order valence-electron chi connectivity index (χ4n) is 2.92. The summed E-state index contributed by atoms with van der Waals surface area (Å²) in [4.78, 5) is 14.2. The SMILES string of the molecule is COc1ccc(CN2C(=O)C(C)c3cc(F)ccc32)c(OC)c1. The van der Waals surface area contributed by atoms with Crippen LogP contribution in [0.4, 0.5) is 10.1 Å². The van der Waals surface area contributed by atoms with Gasteiger partial charge in [0.25, 0.3) is 0 Å². The minimum absolute atomic E-state index is 0.0385. The topological polar surface area (TPSA) is 38.8 Å². The van der Waals surface area contributed by atoms with Crippen molar-refractivity contribution in [2.45, 2.75) is 19.4 Å². The van der Waals surface area contributed by atoms with Crippen molar-refractivity contribution in [1.29, 1.82) is 0 Å². The highest BCUT2D eigenvalue weighted by molar-refractivity contribution is 6.04. The number of benzene rings is 2. The van der Waals surface area contributed by atoms with Crippen molar-refractivity contribution >= 4 is 11.6 Å². The van der Waals surface area contributed by atoms with Crippen LogP contribution in [0, 0.1) is 5.82 Å². The van der Waals surface area contributed by atoms with Crippen molar-refractivity contribution in [3.63, 3.8) is 0 Å². The molecule has 120 valence electrons. The van der Waals surface area contributed by atoms with E-state index in [9.17, 15) is 9.18 Å². The van der Waals surface area contributed by atoms with Crippen molar-refractivity contribution in [3.05, 3.63) is 53.3 Å². The lowest BCUT2D eigenvalue weighted by molar-refractivity contribution is -0.119. The van der Waals surface area contributed by atoms with Crippen molar-refractivity contribution in [3.8, 4) is 11.5 Å². The Balaban J connectivity index is 1.97. The average molecular weight is 315 g/mol. The molecule has 0 N–H and O–H groups in total. The molecule has 1 aliphatic rings. The monoisotopic (exact) mass is 315 g/mol. The van der Waals surface area contributed by atoms with Gasteiger partial charge in [-0.25, -0.2) is 4.39 Å². The molecule has 1 heterocycles. The summed E-state index contributed by atoms with van der Waals surface area (Å²) in [7, 11) is 3.17. The van der Waals surface area contributed by atoms with E-state index in [0.29, 0.717) is 18.0 Å². The molecule has 23 heavy (non-hydrogen) atoms. The molecule has 1 aliphatic heterocycles. The first kappa shape index (κ1) is 15.3. The summed E-state index contributed by atoms with van der Waals surface area (Å²) in [6, 6.07) is 9.95. The normalized spacial score (nSPS) is 16.4. The molecule has 1 atom stereocenters. The summed E-state index contributed by atoms with van der Waals surface area (Å²) < 4.78 is 24.0. The summed E-state index contributed by atoms with van der Waals surface area (Å²) in [5, 5.41) is 0. The Hall–Kier alpha value is -2.56. The van der Waals surface area contributed by atoms with Crippen LogP contribution in [0.15, 0.2) is 36.4 Å². The van der Waals surface area contributed by atoms with Gasteiger partial charge in [0.1, 0.15) is 17.3 Å². The number of carbonyl (C=O) groups is 1. The van der Waals surface area contributed by atoms with E-state index >= 15 is 0 Å². The number of hydrogen-bond donors (Lipinski definition) is 0. The van der Waals surface area contributed by atoms with Crippen molar-refractivity contribution < 1.29 is 18.7 Å². The van der Waals surface area contributed by atoms with Crippen molar-refractivity contribution in [2.24, 2.45) is 0 Å². The lowest BCUT2D eigenvalue weighted by Gasteiger charge is -2.20. The van der Waals surface area contributed by atoms with Gasteiger partial charge in [0.15, 0.2) is 0 Å². The van der Waals surface area contributed by atoms with Crippen LogP contribution in [0.5, 0.6) is 11.5 Å². The van der Waals surface area contributed by atoms with E-state index in [1.807, 2.05) is 12.1 Å². The maximum absolute atomic E-state index is 13.5. The zero-order chi connectivity index (χ0) is 16.6. The van der Waals surface area contributed by atoms with Gasteiger partial charge < -0.3 is 14.4 Å². The Morgan fingerprint density at radius 1 is 1.13 bits per heavy atom. The van der Waals surface area contributed by atoms with Gasteiger partial charge in [0, 0.05) is 17.3 Å². The summed E-state index contributed by atoms with van der Waals surface area (Å²) >= 11 is 0. The predicted octanol–water partition coefficient (Wildman–Crippen LogP) is 3.49. The van der Waals surface area contributed by atoms with Crippen LogP contribution in [0.25, 0.3) is 0 Å². The molecular weight excluding hydrogens is 297 g/mol. The fraction of sp³-hybridized carbons (Fsp3) is 0.278. The van der Waals surface area contributed by atoms with Gasteiger partial charge in [-0.1, -0.05) is 0 Å². The molecule has 0 aliphatic carbocycles. The largest absolute Gasteiger partial charge is 0.497 e. The molecule has 2 aromatic rings. The van der Waals surface area contributed by atoms with Gasteiger partial charge in [-0.05, 0) is 42.8 Å². The zero-order valence-electron chi connectivity index (χ0n) is 13.3. The molecule has 0 bridgehead atoms. The molecule has 2 aromatic carbocycles. The lowest BCUT2D eigenvalue weighted by atomic mass is 10.0. The second kappa shape index (κ2) is 5.91. The Kier molecular flexibility index (Phi) is 3.94. The van der Waals surface area contributed by atoms with Crippen LogP contribution in [-0.4, -0.2) is 20.1 Å². The van der Waals surface area contributed by atoms with Crippen molar-refractivity contribution in [2.75, 3.05) is 19.1 Å². The number of carbonyl (C=O) groups excluding carboxylic acids is 1. The molecule has 3 rings (SSSR count). The molecule has 4 nitrogen and oxygen atoms in total. The van der Waals surface area contributed by atoms with E-state index in [2.05, 4.69) is 0 Å². The number of halogens is 1. The third kappa shape index (κ3) is 2.63. The van der Waals surface area contributed by atoms with Gasteiger partial charge in [-0.15, -0.1) is 0 Å². The average Bonchev–Trinajstić information content (AvgIpc) is 2.80. The predicted molar refractivity (Wildman–Crippen MR) is 85.6 cm³/mol. The molecule has 0 saturated carbocycles.